The van der Waals surface area contributed by atoms with E-state index in [9.17, 15) is 18.0 Å². The fourth-order valence-electron chi connectivity index (χ4n) is 5.57. The number of halogens is 3. The summed E-state index contributed by atoms with van der Waals surface area (Å²) in [6, 6.07) is 16.2. The molecule has 2 aliphatic rings. The largest absolute Gasteiger partial charge is 0.433 e. The van der Waals surface area contributed by atoms with Crippen molar-refractivity contribution in [3.05, 3.63) is 66.0 Å². The van der Waals surface area contributed by atoms with Crippen molar-refractivity contribution >= 4 is 22.3 Å². The van der Waals surface area contributed by atoms with Crippen LogP contribution < -0.4 is 5.32 Å². The number of carbonyl (C=O) groups is 1. The molecule has 180 valence electrons. The lowest BCUT2D eigenvalue weighted by atomic mass is 9.98. The summed E-state index contributed by atoms with van der Waals surface area (Å²) in [5, 5.41) is 8.89. The molecule has 1 amide bonds. The average molecular weight is 480 g/mol. The van der Waals surface area contributed by atoms with Crippen molar-refractivity contribution < 1.29 is 18.0 Å². The molecule has 2 saturated heterocycles. The lowest BCUT2D eigenvalue weighted by Crippen LogP contribution is -2.48. The highest BCUT2D eigenvalue weighted by molar-refractivity contribution is 5.93. The molecular formula is C26H24F3N5O. The maximum Gasteiger partial charge on any atom is 0.433 e. The van der Waals surface area contributed by atoms with Crippen LogP contribution in [0.3, 0.4) is 0 Å². The van der Waals surface area contributed by atoms with Crippen LogP contribution in [0.25, 0.3) is 27.7 Å². The fraction of sp³-hybridized carbons (Fsp3) is 0.346. The predicted octanol–water partition coefficient (Wildman–Crippen LogP) is 4.92. The Kier molecular flexibility index (Phi) is 5.07. The summed E-state index contributed by atoms with van der Waals surface area (Å²) in [5.74, 6) is -0.468. The Labute approximate surface area is 199 Å². The molecule has 2 aromatic carbocycles. The molecule has 0 radical (unpaired) electrons. The van der Waals surface area contributed by atoms with Gasteiger partial charge in [0.1, 0.15) is 0 Å². The first kappa shape index (κ1) is 22.0. The molecule has 2 aliphatic heterocycles. The highest BCUT2D eigenvalue weighted by Gasteiger charge is 2.39. The summed E-state index contributed by atoms with van der Waals surface area (Å²) in [5.41, 5.74) is -0.316. The molecule has 0 spiro atoms. The van der Waals surface area contributed by atoms with E-state index in [0.29, 0.717) is 17.6 Å². The Morgan fingerprint density at radius 1 is 1.00 bits per heavy atom. The number of carbonyl (C=O) groups excluding carboxylic acids is 1. The molecule has 9 heteroatoms. The topological polar surface area (TPSA) is 62.5 Å². The molecule has 4 aromatic rings. The smallest absolute Gasteiger partial charge is 0.348 e. The van der Waals surface area contributed by atoms with E-state index in [1.165, 1.54) is 6.07 Å². The van der Waals surface area contributed by atoms with Crippen molar-refractivity contribution in [1.82, 2.24) is 24.8 Å². The third-order valence-corrected chi connectivity index (χ3v) is 7.43. The van der Waals surface area contributed by atoms with Crippen LogP contribution in [0.15, 0.2) is 54.6 Å². The summed E-state index contributed by atoms with van der Waals surface area (Å²) in [7, 11) is 2.11. The second kappa shape index (κ2) is 8.05. The van der Waals surface area contributed by atoms with E-state index >= 15 is 0 Å². The van der Waals surface area contributed by atoms with E-state index in [2.05, 4.69) is 27.3 Å². The van der Waals surface area contributed by atoms with Crippen LogP contribution in [0, 0.1) is 0 Å². The summed E-state index contributed by atoms with van der Waals surface area (Å²) >= 11 is 0. The highest BCUT2D eigenvalue weighted by atomic mass is 19.4. The van der Waals surface area contributed by atoms with Gasteiger partial charge in [0.25, 0.3) is 5.91 Å². The normalized spacial score (nSPS) is 22.7. The van der Waals surface area contributed by atoms with E-state index in [1.54, 1.807) is 6.07 Å². The van der Waals surface area contributed by atoms with Crippen LogP contribution >= 0.6 is 0 Å². The van der Waals surface area contributed by atoms with E-state index in [1.807, 2.05) is 36.4 Å². The van der Waals surface area contributed by atoms with Crippen molar-refractivity contribution in [3.63, 3.8) is 0 Å². The van der Waals surface area contributed by atoms with Crippen LogP contribution in [-0.4, -0.2) is 50.6 Å². The summed E-state index contributed by atoms with van der Waals surface area (Å²) in [6.07, 6.45) is -0.773. The highest BCUT2D eigenvalue weighted by Crippen LogP contribution is 2.35. The Bertz CT molecular complexity index is 1430. The predicted molar refractivity (Wildman–Crippen MR) is 126 cm³/mol. The van der Waals surface area contributed by atoms with Gasteiger partial charge >= 0.3 is 6.18 Å². The van der Waals surface area contributed by atoms with Crippen molar-refractivity contribution in [2.24, 2.45) is 0 Å². The van der Waals surface area contributed by atoms with E-state index in [0.717, 1.165) is 47.0 Å². The third-order valence-electron chi connectivity index (χ3n) is 7.43. The number of benzene rings is 2. The summed E-state index contributed by atoms with van der Waals surface area (Å²) < 4.78 is 42.7. The number of nitrogens with zero attached hydrogens (tertiary/aromatic N) is 4. The molecule has 1 unspecified atom stereocenters. The Hall–Kier alpha value is -3.46. The Balaban J connectivity index is 1.35. The van der Waals surface area contributed by atoms with Gasteiger partial charge in [-0.05, 0) is 55.6 Å². The first-order valence-electron chi connectivity index (χ1n) is 11.8. The SMILES string of the molecule is CN1[C@@H]2CC[C@H]1CC(NC(=O)c1cc3nc(-c4ccc5ccccc5c4)cc(C(F)(F)F)n3n1)C2. The molecular weight excluding hydrogens is 455 g/mol. The van der Waals surface area contributed by atoms with Crippen LogP contribution in [0.5, 0.6) is 0 Å². The van der Waals surface area contributed by atoms with Crippen LogP contribution in [0.1, 0.15) is 41.9 Å². The number of piperidine rings is 1. The minimum atomic E-state index is -4.67. The minimum absolute atomic E-state index is 0.00998. The lowest BCUT2D eigenvalue weighted by Gasteiger charge is -2.36. The molecule has 4 heterocycles. The fourth-order valence-corrected chi connectivity index (χ4v) is 5.57. The van der Waals surface area contributed by atoms with Gasteiger partial charge in [-0.1, -0.05) is 36.4 Å². The second-order valence-electron chi connectivity index (χ2n) is 9.58. The zero-order valence-electron chi connectivity index (χ0n) is 19.1. The van der Waals surface area contributed by atoms with Gasteiger partial charge in [0.2, 0.25) is 0 Å². The molecule has 3 atom stereocenters. The van der Waals surface area contributed by atoms with E-state index in [-0.39, 0.29) is 23.1 Å². The van der Waals surface area contributed by atoms with E-state index in [4.69, 9.17) is 0 Å². The van der Waals surface area contributed by atoms with Gasteiger partial charge in [0.05, 0.1) is 5.69 Å². The van der Waals surface area contributed by atoms with Gasteiger partial charge in [0, 0.05) is 29.8 Å². The van der Waals surface area contributed by atoms with Crippen LogP contribution in [-0.2, 0) is 6.18 Å². The minimum Gasteiger partial charge on any atom is -0.348 e. The quantitative estimate of drug-likeness (QED) is 0.453. The number of nitrogens with one attached hydrogen (secondary N) is 1. The first-order valence-corrected chi connectivity index (χ1v) is 11.8. The van der Waals surface area contributed by atoms with Gasteiger partial charge in [-0.2, -0.15) is 18.3 Å². The standard InChI is InChI=1S/C26H24F3N5O/c1-33-19-8-9-20(33)12-18(11-19)30-25(35)22-14-24-31-21(13-23(26(27,28)29)34(24)32-22)17-7-6-15-4-2-3-5-16(15)10-17/h2-7,10,13-14,18-20H,8-9,11-12H2,1H3,(H,30,35)/t18?,19-,20+. The zero-order valence-corrected chi connectivity index (χ0v) is 19.1. The Morgan fingerprint density at radius 2 is 1.71 bits per heavy atom. The van der Waals surface area contributed by atoms with Crippen molar-refractivity contribution in [1.29, 1.82) is 0 Å². The molecule has 0 aliphatic carbocycles. The van der Waals surface area contributed by atoms with Crippen LogP contribution in [0.2, 0.25) is 0 Å². The summed E-state index contributed by atoms with van der Waals surface area (Å²) in [4.78, 5) is 19.7. The molecule has 6 rings (SSSR count). The summed E-state index contributed by atoms with van der Waals surface area (Å²) in [6.45, 7) is 0. The average Bonchev–Trinajstić information content (AvgIpc) is 3.34. The van der Waals surface area contributed by atoms with Gasteiger partial charge in [-0.15, -0.1) is 0 Å². The van der Waals surface area contributed by atoms with Gasteiger partial charge < -0.3 is 10.2 Å². The molecule has 2 fully saturated rings. The van der Waals surface area contributed by atoms with Gasteiger partial charge in [-0.25, -0.2) is 9.50 Å². The lowest BCUT2D eigenvalue weighted by molar-refractivity contribution is -0.142. The number of hydrogen-bond acceptors (Lipinski definition) is 4. The zero-order chi connectivity index (χ0) is 24.3. The first-order chi connectivity index (χ1) is 16.8. The van der Waals surface area contributed by atoms with Gasteiger partial charge in [0.15, 0.2) is 17.0 Å². The third kappa shape index (κ3) is 3.93. The molecule has 2 aromatic heterocycles. The maximum atomic E-state index is 14.0. The van der Waals surface area contributed by atoms with Gasteiger partial charge in [-0.3, -0.25) is 4.79 Å². The number of amides is 1. The number of fused-ring (bicyclic) bond motifs is 4. The monoisotopic (exact) mass is 479 g/mol. The molecule has 0 saturated carbocycles. The number of alkyl halides is 3. The number of aromatic nitrogens is 3. The number of hydrogen-bond donors (Lipinski definition) is 1. The molecule has 6 nitrogen and oxygen atoms in total. The molecule has 1 N–H and O–H groups in total. The van der Waals surface area contributed by atoms with Crippen molar-refractivity contribution in [3.8, 4) is 11.3 Å². The maximum absolute atomic E-state index is 14.0. The van der Waals surface area contributed by atoms with Crippen molar-refractivity contribution in [2.45, 2.75) is 50.0 Å². The molecule has 35 heavy (non-hydrogen) atoms. The van der Waals surface area contributed by atoms with E-state index < -0.39 is 17.8 Å². The van der Waals surface area contributed by atoms with Crippen LogP contribution in [0.4, 0.5) is 13.2 Å². The van der Waals surface area contributed by atoms with Crippen molar-refractivity contribution in [2.75, 3.05) is 7.05 Å². The Morgan fingerprint density at radius 3 is 2.43 bits per heavy atom. The number of rotatable bonds is 3. The molecule has 2 bridgehead atoms. The second-order valence-corrected chi connectivity index (χ2v) is 9.58.